The molecule has 37 heavy (non-hydrogen) atoms. The Kier molecular flexibility index (Phi) is 8.59. The fourth-order valence-corrected chi connectivity index (χ4v) is 6.07. The van der Waals surface area contributed by atoms with Crippen LogP contribution in [0.15, 0.2) is 30.5 Å². The number of rotatable bonds is 6. The van der Waals surface area contributed by atoms with E-state index >= 15 is 0 Å². The van der Waals surface area contributed by atoms with Crippen molar-refractivity contribution in [1.29, 1.82) is 0 Å². The number of pyridine rings is 1. The molecule has 2 heterocycles. The van der Waals surface area contributed by atoms with E-state index in [0.29, 0.717) is 22.4 Å². The van der Waals surface area contributed by atoms with Crippen LogP contribution in [0, 0.1) is 29.1 Å². The van der Waals surface area contributed by atoms with Crippen molar-refractivity contribution in [3.8, 4) is 17.7 Å². The number of carbonyl (C=O) groups excluding carboxylic acids is 1. The van der Waals surface area contributed by atoms with Gasteiger partial charge in [-0.2, -0.15) is 0 Å². The van der Waals surface area contributed by atoms with Crippen molar-refractivity contribution in [3.63, 3.8) is 0 Å². The number of carboxylic acids is 1. The molecule has 0 radical (unpaired) electrons. The lowest BCUT2D eigenvalue weighted by atomic mass is 9.81. The number of thiophene rings is 1. The Balaban J connectivity index is 1.61. The van der Waals surface area contributed by atoms with E-state index in [1.807, 2.05) is 49.9 Å². The first-order valence-electron chi connectivity index (χ1n) is 13.4. The number of aromatic carboxylic acids is 1. The monoisotopic (exact) mass is 522 g/mol. The fourth-order valence-electron chi connectivity index (χ4n) is 5.23. The van der Waals surface area contributed by atoms with E-state index in [0.717, 1.165) is 51.4 Å². The molecule has 0 saturated heterocycles. The van der Waals surface area contributed by atoms with E-state index in [1.165, 1.54) is 11.3 Å². The fraction of sp³-hybridized carbons (Fsp3) is 0.567. The highest BCUT2D eigenvalue weighted by molar-refractivity contribution is 7.15. The molecule has 2 aromatic heterocycles. The highest BCUT2D eigenvalue weighted by Crippen LogP contribution is 2.39. The van der Waals surface area contributed by atoms with Crippen molar-refractivity contribution < 1.29 is 19.4 Å². The third-order valence-electron chi connectivity index (χ3n) is 7.26. The van der Waals surface area contributed by atoms with Crippen molar-refractivity contribution in [1.82, 2.24) is 4.98 Å². The summed E-state index contributed by atoms with van der Waals surface area (Å²) in [5, 5.41) is 10.1. The number of carboxylic acid groups (broad SMARTS) is 1. The minimum Gasteiger partial charge on any atom is -0.477 e. The van der Waals surface area contributed by atoms with Crippen LogP contribution in [0.5, 0.6) is 5.88 Å². The standard InChI is InChI=1S/C30H38N2O4S/c1-20-8-10-21(11-9-20)28(33)32(22-12-14-23(15-13-22)36-26-7-5-6-18-31-26)25-19-24(16-17-30(2,3)4)37-27(25)29(34)35/h5-7,18-23H,8-15H2,1-4H3,(H,34,35). The molecule has 2 aromatic rings. The Hall–Kier alpha value is -2.85. The minimum atomic E-state index is -1.01. The normalized spacial score (nSPS) is 24.0. The zero-order valence-electron chi connectivity index (χ0n) is 22.3. The minimum absolute atomic E-state index is 0.0354. The maximum atomic E-state index is 14.0. The SMILES string of the molecule is CC1CCC(C(=O)N(c2cc(C#CC(C)(C)C)sc2C(=O)O)C2CCC(Oc3ccccn3)CC2)CC1. The largest absolute Gasteiger partial charge is 0.477 e. The molecule has 2 saturated carbocycles. The van der Waals surface area contributed by atoms with E-state index in [-0.39, 0.29) is 34.3 Å². The van der Waals surface area contributed by atoms with Gasteiger partial charge in [-0.3, -0.25) is 4.79 Å². The number of aromatic nitrogens is 1. The molecule has 2 fully saturated rings. The third-order valence-corrected chi connectivity index (χ3v) is 8.29. The number of ether oxygens (including phenoxy) is 1. The molecular weight excluding hydrogens is 484 g/mol. The quantitative estimate of drug-likeness (QED) is 0.423. The van der Waals surface area contributed by atoms with Crippen LogP contribution in [0.2, 0.25) is 0 Å². The van der Waals surface area contributed by atoms with Crippen LogP contribution in [0.1, 0.15) is 93.6 Å². The van der Waals surface area contributed by atoms with Gasteiger partial charge in [-0.05, 0) is 90.2 Å². The highest BCUT2D eigenvalue weighted by atomic mass is 32.1. The summed E-state index contributed by atoms with van der Waals surface area (Å²) in [7, 11) is 0. The van der Waals surface area contributed by atoms with Crippen molar-refractivity contribution in [2.24, 2.45) is 17.3 Å². The Labute approximate surface area is 224 Å². The van der Waals surface area contributed by atoms with E-state index in [1.54, 1.807) is 6.20 Å². The summed E-state index contributed by atoms with van der Waals surface area (Å²) < 4.78 is 6.08. The molecule has 1 N–H and O–H groups in total. The van der Waals surface area contributed by atoms with Crippen LogP contribution >= 0.6 is 11.3 Å². The molecule has 2 aliphatic rings. The van der Waals surface area contributed by atoms with E-state index < -0.39 is 5.97 Å². The van der Waals surface area contributed by atoms with E-state index in [4.69, 9.17) is 4.74 Å². The van der Waals surface area contributed by atoms with Crippen molar-refractivity contribution in [2.75, 3.05) is 4.90 Å². The molecule has 0 atom stereocenters. The average Bonchev–Trinajstić information content (AvgIpc) is 3.29. The van der Waals surface area contributed by atoms with E-state index in [9.17, 15) is 14.7 Å². The van der Waals surface area contributed by atoms with Crippen LogP contribution in [0.25, 0.3) is 0 Å². The van der Waals surface area contributed by atoms with Gasteiger partial charge in [-0.15, -0.1) is 11.3 Å². The van der Waals surface area contributed by atoms with Gasteiger partial charge in [0.1, 0.15) is 11.0 Å². The number of nitrogens with zero attached hydrogens (tertiary/aromatic N) is 2. The van der Waals surface area contributed by atoms with Gasteiger partial charge < -0.3 is 14.7 Å². The number of carbonyl (C=O) groups is 2. The van der Waals surface area contributed by atoms with Crippen molar-refractivity contribution >= 4 is 28.9 Å². The Morgan fingerprint density at radius 1 is 1.08 bits per heavy atom. The predicted octanol–water partition coefficient (Wildman–Crippen LogP) is 6.79. The van der Waals surface area contributed by atoms with Gasteiger partial charge in [0.25, 0.3) is 0 Å². The first-order chi connectivity index (χ1) is 17.6. The predicted molar refractivity (Wildman–Crippen MR) is 147 cm³/mol. The summed E-state index contributed by atoms with van der Waals surface area (Å²) in [4.78, 5) is 33.3. The van der Waals surface area contributed by atoms with Crippen molar-refractivity contribution in [3.05, 3.63) is 40.2 Å². The molecule has 0 aromatic carbocycles. The molecule has 0 bridgehead atoms. The van der Waals surface area contributed by atoms with Gasteiger partial charge in [-0.1, -0.05) is 24.8 Å². The summed E-state index contributed by atoms with van der Waals surface area (Å²) in [5.74, 6) is 6.60. The molecule has 6 nitrogen and oxygen atoms in total. The van der Waals surface area contributed by atoms with Crippen LogP contribution in [-0.2, 0) is 4.79 Å². The van der Waals surface area contributed by atoms with Gasteiger partial charge in [0.15, 0.2) is 0 Å². The maximum Gasteiger partial charge on any atom is 0.348 e. The second kappa shape index (κ2) is 11.7. The zero-order chi connectivity index (χ0) is 26.6. The molecule has 0 spiro atoms. The van der Waals surface area contributed by atoms with Crippen LogP contribution in [-0.4, -0.2) is 34.1 Å². The van der Waals surface area contributed by atoms with Crippen LogP contribution in [0.3, 0.4) is 0 Å². The number of hydrogen-bond donors (Lipinski definition) is 1. The van der Waals surface area contributed by atoms with Crippen molar-refractivity contribution in [2.45, 2.75) is 91.2 Å². The van der Waals surface area contributed by atoms with E-state index in [2.05, 4.69) is 23.7 Å². The number of anilines is 1. The summed E-state index contributed by atoms with van der Waals surface area (Å²) in [5.41, 5.74) is 0.307. The average molecular weight is 523 g/mol. The lowest BCUT2D eigenvalue weighted by Crippen LogP contribution is -2.47. The lowest BCUT2D eigenvalue weighted by Gasteiger charge is -2.39. The Morgan fingerprint density at radius 2 is 1.78 bits per heavy atom. The number of amides is 1. The van der Waals surface area contributed by atoms with Gasteiger partial charge in [0.2, 0.25) is 11.8 Å². The van der Waals surface area contributed by atoms with Crippen LogP contribution < -0.4 is 9.64 Å². The molecule has 2 aliphatic carbocycles. The van der Waals surface area contributed by atoms with Gasteiger partial charge >= 0.3 is 5.97 Å². The second-order valence-electron chi connectivity index (χ2n) is 11.5. The smallest absolute Gasteiger partial charge is 0.348 e. The maximum absolute atomic E-state index is 14.0. The lowest BCUT2D eigenvalue weighted by molar-refractivity contribution is -0.124. The van der Waals surface area contributed by atoms with Gasteiger partial charge in [0.05, 0.1) is 10.6 Å². The molecule has 198 valence electrons. The van der Waals surface area contributed by atoms with Crippen LogP contribution in [0.4, 0.5) is 5.69 Å². The molecule has 1 amide bonds. The third kappa shape index (κ3) is 7.13. The molecule has 0 aliphatic heterocycles. The molecular formula is C30H38N2O4S. The summed E-state index contributed by atoms with van der Waals surface area (Å²) >= 11 is 1.17. The summed E-state index contributed by atoms with van der Waals surface area (Å²) in [6.45, 7) is 8.32. The topological polar surface area (TPSA) is 79.7 Å². The Bertz CT molecular complexity index is 1140. The highest BCUT2D eigenvalue weighted by Gasteiger charge is 2.37. The summed E-state index contributed by atoms with van der Waals surface area (Å²) in [6, 6.07) is 7.39. The van der Waals surface area contributed by atoms with Gasteiger partial charge in [0, 0.05) is 29.6 Å². The van der Waals surface area contributed by atoms with Gasteiger partial charge in [-0.25, -0.2) is 9.78 Å². The number of hydrogen-bond acceptors (Lipinski definition) is 5. The zero-order valence-corrected chi connectivity index (χ0v) is 23.1. The summed E-state index contributed by atoms with van der Waals surface area (Å²) in [6.07, 6.45) is 8.62. The second-order valence-corrected chi connectivity index (χ2v) is 12.6. The first-order valence-corrected chi connectivity index (χ1v) is 14.2. The first kappa shape index (κ1) is 27.2. The molecule has 0 unspecified atom stereocenters. The molecule has 7 heteroatoms. The molecule has 4 rings (SSSR count). The Morgan fingerprint density at radius 3 is 2.38 bits per heavy atom.